The minimum absolute atomic E-state index is 0. The van der Waals surface area contributed by atoms with E-state index in [1.165, 1.54) is 0 Å². The average molecular weight is 218 g/mol. The topological polar surface area (TPSA) is 0 Å². The van der Waals surface area contributed by atoms with Gasteiger partial charge in [0, 0.05) is 0 Å². The van der Waals surface area contributed by atoms with Crippen LogP contribution in [0.1, 0.15) is 0 Å². The van der Waals surface area contributed by atoms with Gasteiger partial charge >= 0.3 is 51.4 Å². The van der Waals surface area contributed by atoms with E-state index in [4.69, 9.17) is 0 Å². The molecule has 0 spiro atoms. The van der Waals surface area contributed by atoms with Crippen molar-refractivity contribution in [1.82, 2.24) is 0 Å². The van der Waals surface area contributed by atoms with E-state index in [2.05, 4.69) is 0 Å². The number of halogens is 4. The van der Waals surface area contributed by atoms with Crippen LogP contribution in [0.2, 0.25) is 0 Å². The second-order valence-electron chi connectivity index (χ2n) is 0. The zero-order valence-electron chi connectivity index (χ0n) is 3.31. The molecule has 1 unspecified atom stereocenters. The predicted octanol–water partition coefficient (Wildman–Crippen LogP) is -4.67. The first-order valence-corrected chi connectivity index (χ1v) is 0. The van der Waals surface area contributed by atoms with Gasteiger partial charge < -0.3 is 12.4 Å². The maximum absolute atomic E-state index is 0. The van der Waals surface area contributed by atoms with Crippen molar-refractivity contribution < 1.29 is 63.8 Å². The van der Waals surface area contributed by atoms with Crippen molar-refractivity contribution in [1.29, 1.82) is 0 Å². The average Bonchev–Trinajstić information content (AvgIpc) is 0. The van der Waals surface area contributed by atoms with Crippen LogP contribution in [0.5, 0.6) is 0 Å². The van der Waals surface area contributed by atoms with E-state index in [0.717, 1.165) is 0 Å². The summed E-state index contributed by atoms with van der Waals surface area (Å²) in [7, 11) is 0. The first-order chi connectivity index (χ1) is 0. The maximum Gasteiger partial charge on any atom is 1.00 e. The van der Waals surface area contributed by atoms with E-state index in [-0.39, 0.29) is 111 Å². The molecule has 0 saturated heterocycles. The van der Waals surface area contributed by atoms with Crippen molar-refractivity contribution in [3.05, 3.63) is 0 Å². The smallest absolute Gasteiger partial charge is 1.00 e. The van der Waals surface area contributed by atoms with Gasteiger partial charge in [-0.1, -0.05) is 0 Å². The Labute approximate surface area is 109 Å². The Balaban J connectivity index is 0. The molecular formula is H6Cl4KP. The molecule has 0 N–H and O–H groups in total. The molecular weight excluding hydrogens is 212 g/mol. The molecule has 0 aliphatic carbocycles. The fourth-order valence-corrected chi connectivity index (χ4v) is 0. The Morgan fingerprint density at radius 3 is 0.667 bits per heavy atom. The fraction of sp³-hybridized carbons (Fsp3) is 0. The van der Waals surface area contributed by atoms with E-state index < -0.39 is 0 Å². The van der Waals surface area contributed by atoms with Gasteiger partial charge in [-0.05, 0) is 0 Å². The molecule has 0 radical (unpaired) electrons. The maximum atomic E-state index is 0. The predicted molar refractivity (Wildman–Crippen MR) is 32.8 cm³/mol. The van der Waals surface area contributed by atoms with E-state index in [1.807, 2.05) is 0 Å². The Hall–Kier alpha value is 3.23. The van der Waals surface area contributed by atoms with Crippen molar-refractivity contribution >= 4 is 47.1 Å². The second-order valence-corrected chi connectivity index (χ2v) is 0. The first kappa shape index (κ1) is 60.0. The van der Waals surface area contributed by atoms with Gasteiger partial charge in [0.2, 0.25) is 0 Å². The van der Waals surface area contributed by atoms with Gasteiger partial charge in [-0.25, -0.2) is 0 Å². The third kappa shape index (κ3) is 26.9. The number of rotatable bonds is 0. The van der Waals surface area contributed by atoms with E-state index in [9.17, 15) is 0 Å². The van der Waals surface area contributed by atoms with Crippen molar-refractivity contribution in [2.45, 2.75) is 0 Å². The molecule has 0 aromatic heterocycles. The summed E-state index contributed by atoms with van der Waals surface area (Å²) in [6.07, 6.45) is 0. The van der Waals surface area contributed by atoms with E-state index in [0.29, 0.717) is 0 Å². The monoisotopic (exact) mass is 216 g/mol. The Morgan fingerprint density at radius 1 is 0.667 bits per heavy atom. The summed E-state index contributed by atoms with van der Waals surface area (Å²) in [5.74, 6) is 0. The van der Waals surface area contributed by atoms with Crippen LogP contribution in [0.3, 0.4) is 0 Å². The van der Waals surface area contributed by atoms with Gasteiger partial charge in [0.25, 0.3) is 0 Å². The van der Waals surface area contributed by atoms with Gasteiger partial charge in [0.15, 0.2) is 0 Å². The summed E-state index contributed by atoms with van der Waals surface area (Å²) < 4.78 is 0. The summed E-state index contributed by atoms with van der Waals surface area (Å²) in [4.78, 5) is 0. The molecule has 6 heteroatoms. The summed E-state index contributed by atoms with van der Waals surface area (Å²) in [5, 5.41) is 0. The zero-order chi connectivity index (χ0) is 0. The van der Waals surface area contributed by atoms with Crippen molar-refractivity contribution in [2.75, 3.05) is 0 Å². The van der Waals surface area contributed by atoms with Crippen LogP contribution in [-0.4, -0.2) is 0 Å². The molecule has 0 aromatic carbocycles. The molecule has 0 bridgehead atoms. The van der Waals surface area contributed by atoms with Gasteiger partial charge in [-0.2, -0.15) is 9.90 Å². The summed E-state index contributed by atoms with van der Waals surface area (Å²) in [5.41, 5.74) is 0. The molecule has 0 saturated carbocycles. The van der Waals surface area contributed by atoms with Gasteiger partial charge in [-0.15, -0.1) is 37.2 Å². The third-order valence-electron chi connectivity index (χ3n) is 0. The SMILES string of the molecule is Cl.Cl.Cl.P.[Cl-].[K+]. The molecule has 0 aliphatic heterocycles. The molecule has 6 heavy (non-hydrogen) atoms. The van der Waals surface area contributed by atoms with Crippen molar-refractivity contribution in [3.8, 4) is 0 Å². The van der Waals surface area contributed by atoms with Crippen LogP contribution in [0.15, 0.2) is 0 Å². The van der Waals surface area contributed by atoms with Crippen LogP contribution in [0.4, 0.5) is 0 Å². The van der Waals surface area contributed by atoms with Crippen molar-refractivity contribution in [3.63, 3.8) is 0 Å². The van der Waals surface area contributed by atoms with Crippen LogP contribution < -0.4 is 63.8 Å². The summed E-state index contributed by atoms with van der Waals surface area (Å²) >= 11 is 0. The van der Waals surface area contributed by atoms with Gasteiger partial charge in [0.1, 0.15) is 0 Å². The molecule has 0 fully saturated rings. The van der Waals surface area contributed by atoms with Gasteiger partial charge in [-0.3, -0.25) is 0 Å². The summed E-state index contributed by atoms with van der Waals surface area (Å²) in [6, 6.07) is 0. The van der Waals surface area contributed by atoms with Gasteiger partial charge in [0.05, 0.1) is 0 Å². The standard InChI is InChI=1S/4ClH.K.H3P/h4*1H;;1H3/q;;;;+1;/p-1. The number of hydrogen-bond acceptors (Lipinski definition) is 0. The Kier molecular flexibility index (Phi) is 413. The van der Waals surface area contributed by atoms with Crippen LogP contribution >= 0.6 is 47.1 Å². The Bertz CT molecular complexity index is 7.51. The number of hydrogen-bond donors (Lipinski definition) is 0. The molecule has 0 aliphatic rings. The molecule has 1 atom stereocenters. The Morgan fingerprint density at radius 2 is 0.667 bits per heavy atom. The molecule has 0 heterocycles. The fourth-order valence-electron chi connectivity index (χ4n) is 0. The minimum Gasteiger partial charge on any atom is -1.00 e. The zero-order valence-corrected chi connectivity index (χ0v) is 11.1. The molecule has 40 valence electrons. The second kappa shape index (κ2) is 41.3. The largest absolute Gasteiger partial charge is 1.00 e. The normalized spacial score (nSPS) is 0. The minimum atomic E-state index is 0. The van der Waals surface area contributed by atoms with E-state index in [1.54, 1.807) is 0 Å². The molecule has 0 aromatic rings. The van der Waals surface area contributed by atoms with Crippen LogP contribution in [-0.2, 0) is 0 Å². The van der Waals surface area contributed by atoms with Crippen LogP contribution in [0.25, 0.3) is 0 Å². The first-order valence-electron chi connectivity index (χ1n) is 0. The molecule has 0 nitrogen and oxygen atoms in total. The molecule has 0 rings (SSSR count). The van der Waals surface area contributed by atoms with E-state index >= 15 is 0 Å². The quantitative estimate of drug-likeness (QED) is 0.283. The summed E-state index contributed by atoms with van der Waals surface area (Å²) in [6.45, 7) is 0. The molecule has 0 amide bonds. The van der Waals surface area contributed by atoms with Crippen LogP contribution in [0, 0.1) is 0 Å². The van der Waals surface area contributed by atoms with Crippen molar-refractivity contribution in [2.24, 2.45) is 0 Å². The third-order valence-corrected chi connectivity index (χ3v) is 0.